The van der Waals surface area contributed by atoms with E-state index in [9.17, 15) is 0 Å². The van der Waals surface area contributed by atoms with Crippen molar-refractivity contribution in [1.29, 1.82) is 0 Å². The molecule has 0 aromatic carbocycles. The molecule has 0 bridgehead atoms. The van der Waals surface area contributed by atoms with Crippen LogP contribution < -0.4 is 10.2 Å². The Morgan fingerprint density at radius 1 is 1.39 bits per heavy atom. The van der Waals surface area contributed by atoms with E-state index in [1.807, 2.05) is 17.8 Å². The van der Waals surface area contributed by atoms with Gasteiger partial charge in [0, 0.05) is 24.4 Å². The molecule has 0 aliphatic carbocycles. The van der Waals surface area contributed by atoms with Gasteiger partial charge in [-0.05, 0) is 45.1 Å². The van der Waals surface area contributed by atoms with Crippen molar-refractivity contribution in [3.05, 3.63) is 18.2 Å². The molecule has 1 saturated heterocycles. The van der Waals surface area contributed by atoms with Gasteiger partial charge in [0.05, 0.1) is 0 Å². The normalized spacial score (nSPS) is 19.9. The lowest BCUT2D eigenvalue weighted by Gasteiger charge is -2.26. The van der Waals surface area contributed by atoms with Crippen molar-refractivity contribution in [1.82, 2.24) is 4.98 Å². The lowest BCUT2D eigenvalue weighted by Crippen LogP contribution is -2.32. The number of nitrogens with zero attached hydrogens (tertiary/aromatic N) is 2. The molecule has 18 heavy (non-hydrogen) atoms. The third-order valence-corrected chi connectivity index (χ3v) is 4.20. The Kier molecular flexibility index (Phi) is 4.05. The minimum atomic E-state index is 0.0490. The maximum absolute atomic E-state index is 4.71. The van der Waals surface area contributed by atoms with Crippen LogP contribution in [0, 0.1) is 0 Å². The van der Waals surface area contributed by atoms with Crippen LogP contribution in [0.3, 0.4) is 0 Å². The summed E-state index contributed by atoms with van der Waals surface area (Å²) in [4.78, 5) is 7.02. The van der Waals surface area contributed by atoms with Crippen LogP contribution in [0.15, 0.2) is 18.2 Å². The molecule has 1 atom stereocenters. The predicted molar refractivity (Wildman–Crippen MR) is 81.7 cm³/mol. The number of hydrogen-bond donors (Lipinski definition) is 1. The van der Waals surface area contributed by atoms with Gasteiger partial charge < -0.3 is 10.2 Å². The highest BCUT2D eigenvalue weighted by Gasteiger charge is 2.21. The summed E-state index contributed by atoms with van der Waals surface area (Å²) in [5, 5.41) is 3.42. The largest absolute Gasteiger partial charge is 0.365 e. The molecular formula is C14H23N3S. The fraction of sp³-hybridized carbons (Fsp3) is 0.643. The smallest absolute Gasteiger partial charge is 0.130 e. The van der Waals surface area contributed by atoms with Crippen LogP contribution in [-0.2, 0) is 0 Å². The molecule has 2 heterocycles. The molecule has 1 N–H and O–H groups in total. The Morgan fingerprint density at radius 2 is 2.17 bits per heavy atom. The van der Waals surface area contributed by atoms with Crippen LogP contribution in [0.1, 0.15) is 27.2 Å². The monoisotopic (exact) mass is 265 g/mol. The van der Waals surface area contributed by atoms with Gasteiger partial charge in [0.1, 0.15) is 11.6 Å². The van der Waals surface area contributed by atoms with Crippen LogP contribution >= 0.6 is 11.8 Å². The van der Waals surface area contributed by atoms with Gasteiger partial charge in [-0.3, -0.25) is 0 Å². The van der Waals surface area contributed by atoms with Gasteiger partial charge in [-0.15, -0.1) is 0 Å². The minimum absolute atomic E-state index is 0.0490. The lowest BCUT2D eigenvalue weighted by molar-refractivity contribution is 0.629. The van der Waals surface area contributed by atoms with Crippen LogP contribution in [0.5, 0.6) is 0 Å². The number of nitrogens with one attached hydrogen (secondary N) is 1. The van der Waals surface area contributed by atoms with Gasteiger partial charge in [-0.2, -0.15) is 11.8 Å². The van der Waals surface area contributed by atoms with Crippen molar-refractivity contribution in [2.45, 2.75) is 38.8 Å². The maximum Gasteiger partial charge on any atom is 0.130 e. The highest BCUT2D eigenvalue weighted by Crippen LogP contribution is 2.25. The van der Waals surface area contributed by atoms with Crippen LogP contribution in [0.25, 0.3) is 0 Å². The van der Waals surface area contributed by atoms with Gasteiger partial charge in [-0.25, -0.2) is 4.98 Å². The molecule has 0 saturated carbocycles. The molecule has 1 fully saturated rings. The number of aromatic nitrogens is 1. The second-order valence-electron chi connectivity index (χ2n) is 5.88. The minimum Gasteiger partial charge on any atom is -0.365 e. The average Bonchev–Trinajstić information content (AvgIpc) is 2.79. The fourth-order valence-electron chi connectivity index (χ4n) is 2.09. The summed E-state index contributed by atoms with van der Waals surface area (Å²) in [6.07, 6.45) is 1.26. The molecule has 1 aromatic rings. The lowest BCUT2D eigenvalue weighted by atomic mass is 10.1. The Morgan fingerprint density at radius 3 is 2.78 bits per heavy atom. The summed E-state index contributed by atoms with van der Waals surface area (Å²) in [6, 6.07) is 6.84. The van der Waals surface area contributed by atoms with E-state index in [1.165, 1.54) is 17.9 Å². The van der Waals surface area contributed by atoms with Crippen molar-refractivity contribution in [2.24, 2.45) is 0 Å². The summed E-state index contributed by atoms with van der Waals surface area (Å²) >= 11 is 2.03. The number of anilines is 2. The molecule has 1 aromatic heterocycles. The van der Waals surface area contributed by atoms with E-state index >= 15 is 0 Å². The third kappa shape index (κ3) is 3.55. The van der Waals surface area contributed by atoms with E-state index < -0.39 is 0 Å². The molecule has 1 unspecified atom stereocenters. The zero-order valence-electron chi connectivity index (χ0n) is 11.7. The number of hydrogen-bond acceptors (Lipinski definition) is 4. The van der Waals surface area contributed by atoms with Crippen molar-refractivity contribution in [3.63, 3.8) is 0 Å². The Bertz CT molecular complexity index is 394. The quantitative estimate of drug-likeness (QED) is 0.908. The number of pyridine rings is 1. The summed E-state index contributed by atoms with van der Waals surface area (Å²) in [6.45, 7) is 6.45. The molecule has 0 amide bonds. The SMILES string of the molecule is CN(c1cccc(NC(C)(C)C)n1)C1CCSC1. The van der Waals surface area contributed by atoms with E-state index in [0.717, 1.165) is 11.6 Å². The van der Waals surface area contributed by atoms with E-state index in [4.69, 9.17) is 4.98 Å². The molecule has 4 heteroatoms. The van der Waals surface area contributed by atoms with E-state index in [1.54, 1.807) is 0 Å². The molecule has 100 valence electrons. The van der Waals surface area contributed by atoms with Gasteiger partial charge in [0.25, 0.3) is 0 Å². The van der Waals surface area contributed by atoms with Crippen molar-refractivity contribution >= 4 is 23.4 Å². The van der Waals surface area contributed by atoms with Crippen molar-refractivity contribution in [3.8, 4) is 0 Å². The molecule has 3 nitrogen and oxygen atoms in total. The zero-order valence-corrected chi connectivity index (χ0v) is 12.5. The first-order chi connectivity index (χ1) is 8.46. The molecule has 1 aliphatic rings. The summed E-state index contributed by atoms with van der Waals surface area (Å²) in [7, 11) is 2.15. The summed E-state index contributed by atoms with van der Waals surface area (Å²) < 4.78 is 0. The molecular weight excluding hydrogens is 242 g/mol. The Hall–Kier alpha value is -0.900. The standard InChI is InChI=1S/C14H23N3S/c1-14(2,3)16-12-6-5-7-13(15-12)17(4)11-8-9-18-10-11/h5-7,11H,8-10H2,1-4H3,(H,15,16). The Labute approximate surface area is 114 Å². The maximum atomic E-state index is 4.71. The Balaban J connectivity index is 2.11. The third-order valence-electron chi connectivity index (χ3n) is 3.05. The molecule has 1 aliphatic heterocycles. The van der Waals surface area contributed by atoms with E-state index in [-0.39, 0.29) is 5.54 Å². The van der Waals surface area contributed by atoms with Gasteiger partial charge in [-0.1, -0.05) is 6.07 Å². The summed E-state index contributed by atoms with van der Waals surface area (Å²) in [5.74, 6) is 4.51. The van der Waals surface area contributed by atoms with Gasteiger partial charge >= 0.3 is 0 Å². The first-order valence-corrected chi connectivity index (χ1v) is 7.67. The van der Waals surface area contributed by atoms with Crippen LogP contribution in [-0.4, -0.2) is 35.1 Å². The van der Waals surface area contributed by atoms with Gasteiger partial charge in [0.2, 0.25) is 0 Å². The van der Waals surface area contributed by atoms with Gasteiger partial charge in [0.15, 0.2) is 0 Å². The van der Waals surface area contributed by atoms with Crippen molar-refractivity contribution < 1.29 is 0 Å². The predicted octanol–water partition coefficient (Wildman–Crippen LogP) is 3.23. The van der Waals surface area contributed by atoms with Crippen LogP contribution in [0.2, 0.25) is 0 Å². The van der Waals surface area contributed by atoms with Crippen LogP contribution in [0.4, 0.5) is 11.6 Å². The van der Waals surface area contributed by atoms with E-state index in [2.05, 4.69) is 50.2 Å². The first kappa shape index (κ1) is 13.5. The first-order valence-electron chi connectivity index (χ1n) is 6.51. The fourth-order valence-corrected chi connectivity index (χ4v) is 3.36. The van der Waals surface area contributed by atoms with E-state index in [0.29, 0.717) is 6.04 Å². The molecule has 0 spiro atoms. The number of thioether (sulfide) groups is 1. The molecule has 0 radical (unpaired) electrons. The average molecular weight is 265 g/mol. The zero-order chi connectivity index (χ0) is 13.2. The number of rotatable bonds is 3. The second-order valence-corrected chi connectivity index (χ2v) is 7.03. The van der Waals surface area contributed by atoms with Crippen molar-refractivity contribution in [2.75, 3.05) is 28.8 Å². The highest BCUT2D eigenvalue weighted by atomic mass is 32.2. The molecule has 2 rings (SSSR count). The summed E-state index contributed by atoms with van der Waals surface area (Å²) in [5.41, 5.74) is 0.0490. The second kappa shape index (κ2) is 5.39. The topological polar surface area (TPSA) is 28.2 Å². The highest BCUT2D eigenvalue weighted by molar-refractivity contribution is 7.99.